The Morgan fingerprint density at radius 1 is 0.958 bits per heavy atom. The Labute approximate surface area is 142 Å². The third-order valence-electron chi connectivity index (χ3n) is 5.56. The van der Waals surface area contributed by atoms with Gasteiger partial charge in [-0.25, -0.2) is 0 Å². The quantitative estimate of drug-likeness (QED) is 0.849. The van der Waals surface area contributed by atoms with Crippen LogP contribution in [0.5, 0.6) is 0 Å². The van der Waals surface area contributed by atoms with Gasteiger partial charge in [0, 0.05) is 29.0 Å². The van der Waals surface area contributed by atoms with Gasteiger partial charge in [0.05, 0.1) is 0 Å². The van der Waals surface area contributed by atoms with E-state index in [0.717, 1.165) is 5.69 Å². The van der Waals surface area contributed by atoms with Crippen molar-refractivity contribution >= 4 is 23.4 Å². The molecule has 2 unspecified atom stereocenters. The molecule has 0 radical (unpaired) electrons. The van der Waals surface area contributed by atoms with Crippen LogP contribution in [-0.2, 0) is 14.4 Å². The molecule has 1 aliphatic carbocycles. The van der Waals surface area contributed by atoms with Crippen LogP contribution < -0.4 is 5.32 Å². The maximum atomic E-state index is 13.0. The molecule has 3 rings (SSSR count). The van der Waals surface area contributed by atoms with Gasteiger partial charge in [-0.2, -0.15) is 0 Å². The minimum absolute atomic E-state index is 0.129. The molecular weight excluding hydrogens is 304 g/mol. The van der Waals surface area contributed by atoms with Crippen molar-refractivity contribution in [2.45, 2.75) is 40.0 Å². The molecule has 2 bridgehead atoms. The van der Waals surface area contributed by atoms with Gasteiger partial charge in [0.1, 0.15) is 0 Å². The number of nitrogens with one attached hydrogen (secondary N) is 1. The topological polar surface area (TPSA) is 66.5 Å². The Morgan fingerprint density at radius 2 is 1.46 bits per heavy atom. The fourth-order valence-electron chi connectivity index (χ4n) is 4.94. The molecule has 0 aromatic heterocycles. The van der Waals surface area contributed by atoms with Crippen molar-refractivity contribution in [2.75, 3.05) is 12.4 Å². The Balaban J connectivity index is 1.93. The van der Waals surface area contributed by atoms with Gasteiger partial charge in [0.25, 0.3) is 0 Å². The smallest absolute Gasteiger partial charge is 0.234 e. The monoisotopic (exact) mass is 328 g/mol. The van der Waals surface area contributed by atoms with Crippen LogP contribution in [0.2, 0.25) is 0 Å². The zero-order valence-electron chi connectivity index (χ0n) is 14.7. The van der Waals surface area contributed by atoms with Crippen molar-refractivity contribution in [1.29, 1.82) is 0 Å². The van der Waals surface area contributed by atoms with Gasteiger partial charge in [-0.3, -0.25) is 19.3 Å². The summed E-state index contributed by atoms with van der Waals surface area (Å²) in [5, 5.41) is 2.94. The highest BCUT2D eigenvalue weighted by molar-refractivity contribution is 6.05. The third-order valence-corrected chi connectivity index (χ3v) is 5.56. The van der Waals surface area contributed by atoms with Crippen molar-refractivity contribution in [3.8, 4) is 0 Å². The first kappa shape index (κ1) is 16.7. The van der Waals surface area contributed by atoms with Crippen molar-refractivity contribution in [3.63, 3.8) is 0 Å². The van der Waals surface area contributed by atoms with Crippen LogP contribution in [0.4, 0.5) is 5.69 Å². The summed E-state index contributed by atoms with van der Waals surface area (Å²) < 4.78 is 0. The second-order valence-corrected chi connectivity index (χ2v) is 8.20. The maximum Gasteiger partial charge on any atom is 0.234 e. The van der Waals surface area contributed by atoms with E-state index >= 15 is 0 Å². The van der Waals surface area contributed by atoms with E-state index < -0.39 is 16.2 Å². The molecule has 2 fully saturated rings. The average Bonchev–Trinajstić information content (AvgIpc) is 2.51. The van der Waals surface area contributed by atoms with Crippen LogP contribution in [0.15, 0.2) is 30.3 Å². The average molecular weight is 328 g/mol. The minimum atomic E-state index is -0.760. The third kappa shape index (κ3) is 2.43. The van der Waals surface area contributed by atoms with Gasteiger partial charge in [0.2, 0.25) is 17.7 Å². The lowest BCUT2D eigenvalue weighted by atomic mass is 9.51. The highest BCUT2D eigenvalue weighted by atomic mass is 16.2. The Bertz CT molecular complexity index is 685. The molecule has 1 N–H and O–H groups in total. The molecule has 2 aliphatic rings. The Morgan fingerprint density at radius 3 is 1.96 bits per heavy atom. The number of carbonyl (C=O) groups is 3. The molecule has 24 heavy (non-hydrogen) atoms. The number of nitrogens with zero attached hydrogens (tertiary/aromatic N) is 1. The number of likely N-dealkylation sites (tertiary alicyclic amines) is 1. The van der Waals surface area contributed by atoms with E-state index in [2.05, 4.69) is 5.32 Å². The number of rotatable bonds is 2. The van der Waals surface area contributed by atoms with E-state index in [1.165, 1.54) is 4.90 Å². The van der Waals surface area contributed by atoms with Gasteiger partial charge in [-0.1, -0.05) is 39.0 Å². The van der Waals surface area contributed by atoms with Crippen LogP contribution in [0.1, 0.15) is 40.0 Å². The number of hydrogen-bond donors (Lipinski definition) is 1. The second kappa shape index (κ2) is 5.16. The molecule has 1 saturated heterocycles. The number of benzene rings is 1. The van der Waals surface area contributed by atoms with Crippen molar-refractivity contribution in [1.82, 2.24) is 4.90 Å². The fraction of sp³-hybridized carbons (Fsp3) is 0.526. The molecule has 1 heterocycles. The van der Waals surface area contributed by atoms with Gasteiger partial charge in [-0.05, 0) is 31.4 Å². The molecule has 3 amide bonds. The Hall–Kier alpha value is -2.17. The van der Waals surface area contributed by atoms with E-state index in [-0.39, 0.29) is 17.7 Å². The lowest BCUT2D eigenvalue weighted by Gasteiger charge is -2.55. The number of amides is 3. The molecule has 5 heteroatoms. The maximum absolute atomic E-state index is 13.0. The summed E-state index contributed by atoms with van der Waals surface area (Å²) in [6.07, 6.45) is 1.41. The first-order valence-electron chi connectivity index (χ1n) is 8.29. The molecule has 1 aromatic rings. The minimum Gasteiger partial charge on any atom is -0.326 e. The van der Waals surface area contributed by atoms with Gasteiger partial charge in [0.15, 0.2) is 0 Å². The van der Waals surface area contributed by atoms with Crippen molar-refractivity contribution in [3.05, 3.63) is 30.3 Å². The van der Waals surface area contributed by atoms with E-state index in [9.17, 15) is 14.4 Å². The Kier molecular flexibility index (Phi) is 3.59. The number of fused-ring (bicyclic) bond motifs is 2. The molecule has 128 valence electrons. The second-order valence-electron chi connectivity index (χ2n) is 8.20. The van der Waals surface area contributed by atoms with Crippen LogP contribution >= 0.6 is 0 Å². The summed E-state index contributed by atoms with van der Waals surface area (Å²) in [6.45, 7) is 5.63. The van der Waals surface area contributed by atoms with Gasteiger partial charge in [-0.15, -0.1) is 0 Å². The lowest BCUT2D eigenvalue weighted by molar-refractivity contribution is -0.177. The van der Waals surface area contributed by atoms with Crippen LogP contribution in [0.3, 0.4) is 0 Å². The van der Waals surface area contributed by atoms with Crippen LogP contribution in [0.25, 0.3) is 0 Å². The SMILES string of the molecule is CN1C(=O)C2(C)CC(C)(C(=O)Nc3ccccc3)CC(C)(C2)C1=O. The first-order valence-corrected chi connectivity index (χ1v) is 8.29. The zero-order valence-corrected chi connectivity index (χ0v) is 14.7. The van der Waals surface area contributed by atoms with Crippen LogP contribution in [0, 0.1) is 16.2 Å². The summed E-state index contributed by atoms with van der Waals surface area (Å²) in [7, 11) is 1.55. The van der Waals surface area contributed by atoms with E-state index in [1.54, 1.807) is 7.05 Å². The largest absolute Gasteiger partial charge is 0.326 e. The molecule has 2 atom stereocenters. The molecule has 0 spiro atoms. The molecule has 1 aliphatic heterocycles. The normalized spacial score (nSPS) is 35.8. The summed E-state index contributed by atoms with van der Waals surface area (Å²) in [4.78, 5) is 39.5. The highest BCUT2D eigenvalue weighted by Crippen LogP contribution is 2.58. The molecular formula is C19H24N2O3. The summed E-state index contributed by atoms with van der Waals surface area (Å²) in [5.41, 5.74) is -1.40. The standard InChI is InChI=1S/C19H24N2O3/c1-17(14(22)20-13-8-6-5-7-9-13)10-18(2)12-19(3,11-17)16(24)21(4)15(18)23/h5-9H,10-12H2,1-4H3,(H,20,22). The highest BCUT2D eigenvalue weighted by Gasteiger charge is 2.62. The van der Waals surface area contributed by atoms with Gasteiger partial charge < -0.3 is 5.32 Å². The van der Waals surface area contributed by atoms with Crippen LogP contribution in [-0.4, -0.2) is 29.7 Å². The summed E-state index contributed by atoms with van der Waals surface area (Å²) in [6, 6.07) is 9.27. The molecule has 1 aromatic carbocycles. The van der Waals surface area contributed by atoms with E-state index in [4.69, 9.17) is 0 Å². The number of hydrogen-bond acceptors (Lipinski definition) is 3. The number of carbonyl (C=O) groups excluding carboxylic acids is 3. The van der Waals surface area contributed by atoms with Gasteiger partial charge >= 0.3 is 0 Å². The first-order chi connectivity index (χ1) is 11.1. The predicted molar refractivity (Wildman–Crippen MR) is 91.0 cm³/mol. The van der Waals surface area contributed by atoms with Crippen molar-refractivity contribution < 1.29 is 14.4 Å². The van der Waals surface area contributed by atoms with E-state index in [0.29, 0.717) is 19.3 Å². The number of anilines is 1. The van der Waals surface area contributed by atoms with Crippen molar-refractivity contribution in [2.24, 2.45) is 16.2 Å². The molecule has 1 saturated carbocycles. The lowest BCUT2D eigenvalue weighted by Crippen LogP contribution is -2.63. The molecule has 5 nitrogen and oxygen atoms in total. The zero-order chi connectivity index (χ0) is 17.8. The summed E-state index contributed by atoms with van der Waals surface area (Å²) >= 11 is 0. The summed E-state index contributed by atoms with van der Waals surface area (Å²) in [5.74, 6) is -0.483. The number of imide groups is 1. The number of para-hydroxylation sites is 1. The number of piperidine rings is 1. The van der Waals surface area contributed by atoms with E-state index in [1.807, 2.05) is 51.1 Å². The fourth-order valence-corrected chi connectivity index (χ4v) is 4.94. The predicted octanol–water partition coefficient (Wildman–Crippen LogP) is 2.83.